The summed E-state index contributed by atoms with van der Waals surface area (Å²) in [5, 5.41) is 0.861. The van der Waals surface area contributed by atoms with Crippen molar-refractivity contribution in [2.75, 3.05) is 13.1 Å². The molecule has 0 atom stereocenters. The maximum absolute atomic E-state index is 10.4. The highest BCUT2D eigenvalue weighted by Gasteiger charge is 2.04. The number of nitrogens with zero attached hydrogens (tertiary/aromatic N) is 1. The van der Waals surface area contributed by atoms with Gasteiger partial charge in [0.1, 0.15) is 0 Å². The summed E-state index contributed by atoms with van der Waals surface area (Å²) in [6.45, 7) is 6.96. The summed E-state index contributed by atoms with van der Waals surface area (Å²) in [6, 6.07) is 0. The van der Waals surface area contributed by atoms with Crippen LogP contribution in [-0.4, -0.2) is 31.0 Å². The number of allylic oxidation sites excluding steroid dienone is 1. The maximum atomic E-state index is 10.4. The maximum Gasteiger partial charge on any atom is 0.289 e. The highest BCUT2D eigenvalue weighted by Crippen LogP contribution is 2.03. The monoisotopic (exact) mass is 193 g/mol. The van der Waals surface area contributed by atoms with Crippen LogP contribution in [0.25, 0.3) is 0 Å². The first-order valence-corrected chi connectivity index (χ1v) is 5.31. The van der Waals surface area contributed by atoms with Crippen molar-refractivity contribution in [3.63, 3.8) is 0 Å². The average Bonchev–Trinajstić information content (AvgIpc) is 1.85. The van der Waals surface area contributed by atoms with E-state index < -0.39 is 10.1 Å². The molecule has 0 amide bonds. The summed E-state index contributed by atoms with van der Waals surface area (Å²) in [7, 11) is -3.99. The molecule has 0 aromatic heterocycles. The highest BCUT2D eigenvalue weighted by molar-refractivity contribution is 7.88. The van der Waals surface area contributed by atoms with Crippen molar-refractivity contribution in [2.45, 2.75) is 20.8 Å². The van der Waals surface area contributed by atoms with Crippen molar-refractivity contribution >= 4 is 10.1 Å². The van der Waals surface area contributed by atoms with Crippen LogP contribution >= 0.6 is 0 Å². The Balaban J connectivity index is 4.57. The van der Waals surface area contributed by atoms with Gasteiger partial charge in [0.15, 0.2) is 0 Å². The minimum Gasteiger partial charge on any atom is -0.375 e. The summed E-state index contributed by atoms with van der Waals surface area (Å²) in [5.41, 5.74) is 0.558. The zero-order valence-corrected chi connectivity index (χ0v) is 8.43. The van der Waals surface area contributed by atoms with Gasteiger partial charge in [-0.1, -0.05) is 0 Å². The molecule has 0 aliphatic carbocycles. The van der Waals surface area contributed by atoms with E-state index in [2.05, 4.69) is 0 Å². The van der Waals surface area contributed by atoms with Gasteiger partial charge in [0.25, 0.3) is 10.1 Å². The Hall–Kier alpha value is -0.550. The van der Waals surface area contributed by atoms with Gasteiger partial charge in [-0.25, -0.2) is 0 Å². The lowest BCUT2D eigenvalue weighted by molar-refractivity contribution is 0.383. The van der Waals surface area contributed by atoms with Gasteiger partial charge < -0.3 is 4.90 Å². The van der Waals surface area contributed by atoms with E-state index in [9.17, 15) is 8.42 Å². The zero-order valence-electron chi connectivity index (χ0n) is 7.61. The van der Waals surface area contributed by atoms with E-state index in [1.165, 1.54) is 0 Å². The first-order valence-electron chi connectivity index (χ1n) is 3.81. The highest BCUT2D eigenvalue weighted by atomic mass is 32.2. The molecule has 0 rings (SSSR count). The summed E-state index contributed by atoms with van der Waals surface area (Å²) in [6.07, 6.45) is 0. The van der Waals surface area contributed by atoms with Crippen molar-refractivity contribution in [2.24, 2.45) is 0 Å². The lowest BCUT2D eigenvalue weighted by Gasteiger charge is -2.20. The molecular formula is C7H15NO3S. The molecule has 0 fully saturated rings. The lowest BCUT2D eigenvalue weighted by atomic mass is 10.4. The van der Waals surface area contributed by atoms with Crippen LogP contribution in [0.1, 0.15) is 20.8 Å². The van der Waals surface area contributed by atoms with Crippen LogP contribution in [0, 0.1) is 0 Å². The van der Waals surface area contributed by atoms with Crippen LogP contribution in [0.15, 0.2) is 11.1 Å². The third kappa shape index (κ3) is 4.35. The van der Waals surface area contributed by atoms with E-state index >= 15 is 0 Å². The van der Waals surface area contributed by atoms with Crippen molar-refractivity contribution in [1.82, 2.24) is 4.90 Å². The van der Waals surface area contributed by atoms with E-state index in [-0.39, 0.29) is 0 Å². The Morgan fingerprint density at radius 3 is 2.08 bits per heavy atom. The quantitative estimate of drug-likeness (QED) is 0.679. The van der Waals surface area contributed by atoms with Gasteiger partial charge in [-0.3, -0.25) is 4.55 Å². The van der Waals surface area contributed by atoms with Crippen molar-refractivity contribution in [3.05, 3.63) is 11.1 Å². The fourth-order valence-electron chi connectivity index (χ4n) is 1.01. The standard InChI is InChI=1S/C7H15NO3S/c1-4-8(5-2)7(3)6-12(9,10)11/h6H,4-5H2,1-3H3,(H,9,10,11). The number of hydrogen-bond donors (Lipinski definition) is 1. The van der Waals surface area contributed by atoms with Gasteiger partial charge in [0.05, 0.1) is 5.41 Å². The molecule has 0 aromatic rings. The van der Waals surface area contributed by atoms with Crippen LogP contribution < -0.4 is 0 Å². The minimum absolute atomic E-state index is 0.558. The average molecular weight is 193 g/mol. The molecule has 0 aliphatic heterocycles. The molecule has 0 saturated heterocycles. The van der Waals surface area contributed by atoms with Gasteiger partial charge in [0.2, 0.25) is 0 Å². The smallest absolute Gasteiger partial charge is 0.289 e. The predicted molar refractivity (Wildman–Crippen MR) is 48.2 cm³/mol. The second kappa shape index (κ2) is 4.47. The Morgan fingerprint density at radius 2 is 1.83 bits per heavy atom. The Labute approximate surface area is 73.6 Å². The molecular weight excluding hydrogens is 178 g/mol. The van der Waals surface area contributed by atoms with E-state index in [1.54, 1.807) is 6.92 Å². The molecule has 0 unspecified atom stereocenters. The van der Waals surface area contributed by atoms with E-state index in [0.717, 1.165) is 18.5 Å². The predicted octanol–water partition coefficient (Wildman–Crippen LogP) is 1.08. The summed E-state index contributed by atoms with van der Waals surface area (Å²) in [4.78, 5) is 1.84. The van der Waals surface area contributed by atoms with Crippen LogP contribution in [0.5, 0.6) is 0 Å². The number of rotatable bonds is 4. The fraction of sp³-hybridized carbons (Fsp3) is 0.714. The molecule has 4 nitrogen and oxygen atoms in total. The first-order chi connectivity index (χ1) is 5.40. The van der Waals surface area contributed by atoms with Crippen LogP contribution in [0.4, 0.5) is 0 Å². The molecule has 0 spiro atoms. The SMILES string of the molecule is CCN(CC)C(C)=CS(=O)(=O)O. The van der Waals surface area contributed by atoms with Crippen LogP contribution in [-0.2, 0) is 10.1 Å². The van der Waals surface area contributed by atoms with Crippen molar-refractivity contribution in [3.8, 4) is 0 Å². The van der Waals surface area contributed by atoms with Gasteiger partial charge in [-0.2, -0.15) is 8.42 Å². The summed E-state index contributed by atoms with van der Waals surface area (Å²) in [5.74, 6) is 0. The summed E-state index contributed by atoms with van der Waals surface area (Å²) < 4.78 is 29.4. The van der Waals surface area contributed by atoms with Gasteiger partial charge in [0, 0.05) is 18.8 Å². The molecule has 0 aliphatic rings. The minimum atomic E-state index is -3.99. The topological polar surface area (TPSA) is 57.6 Å². The van der Waals surface area contributed by atoms with E-state index in [0.29, 0.717) is 5.70 Å². The molecule has 0 bridgehead atoms. The Bertz CT molecular complexity index is 252. The molecule has 0 heterocycles. The zero-order chi connectivity index (χ0) is 9.78. The number of hydrogen-bond acceptors (Lipinski definition) is 3. The van der Waals surface area contributed by atoms with Gasteiger partial charge in [-0.15, -0.1) is 0 Å². The molecule has 1 N–H and O–H groups in total. The molecule has 0 radical (unpaired) electrons. The van der Waals surface area contributed by atoms with Crippen molar-refractivity contribution < 1.29 is 13.0 Å². The molecule has 0 saturated carbocycles. The Kier molecular flexibility index (Phi) is 4.26. The molecule has 72 valence electrons. The van der Waals surface area contributed by atoms with Gasteiger partial charge >= 0.3 is 0 Å². The van der Waals surface area contributed by atoms with Crippen LogP contribution in [0.2, 0.25) is 0 Å². The molecule has 5 heteroatoms. The molecule has 12 heavy (non-hydrogen) atoms. The fourth-order valence-corrected chi connectivity index (χ4v) is 1.59. The first kappa shape index (κ1) is 11.4. The third-order valence-electron chi connectivity index (χ3n) is 1.58. The third-order valence-corrected chi connectivity index (χ3v) is 2.22. The van der Waals surface area contributed by atoms with Crippen LogP contribution in [0.3, 0.4) is 0 Å². The summed E-state index contributed by atoms with van der Waals surface area (Å²) >= 11 is 0. The van der Waals surface area contributed by atoms with E-state index in [1.807, 2.05) is 18.7 Å². The van der Waals surface area contributed by atoms with Crippen molar-refractivity contribution in [1.29, 1.82) is 0 Å². The Morgan fingerprint density at radius 1 is 1.42 bits per heavy atom. The molecule has 0 aromatic carbocycles. The second-order valence-corrected chi connectivity index (χ2v) is 3.71. The largest absolute Gasteiger partial charge is 0.375 e. The van der Waals surface area contributed by atoms with Gasteiger partial charge in [-0.05, 0) is 20.8 Å². The lowest BCUT2D eigenvalue weighted by Crippen LogP contribution is -2.21. The second-order valence-electron chi connectivity index (χ2n) is 2.45. The van der Waals surface area contributed by atoms with E-state index in [4.69, 9.17) is 4.55 Å². The normalized spacial score (nSPS) is 13.2.